The minimum Gasteiger partial charge on any atom is -0.510 e. The maximum absolute atomic E-state index is 12.7. The van der Waals surface area contributed by atoms with Crippen molar-refractivity contribution in [3.8, 4) is 11.5 Å². The Morgan fingerprint density at radius 1 is 1.06 bits per heavy atom. The zero-order chi connectivity index (χ0) is 24.2. The van der Waals surface area contributed by atoms with Crippen molar-refractivity contribution >= 4 is 23.3 Å². The minimum atomic E-state index is -0.654. The number of hydrogen-bond donors (Lipinski definition) is 2. The number of aliphatic hydroxyl groups excluding tert-OH is 1. The molecule has 0 aromatic heterocycles. The lowest BCUT2D eigenvalue weighted by molar-refractivity contribution is -0.148. The fourth-order valence-corrected chi connectivity index (χ4v) is 2.58. The summed E-state index contributed by atoms with van der Waals surface area (Å²) in [7, 11) is 1.49. The van der Waals surface area contributed by atoms with Crippen LogP contribution >= 0.6 is 0 Å². The molecule has 0 aliphatic rings. The van der Waals surface area contributed by atoms with E-state index in [2.05, 4.69) is 15.5 Å². The number of benzene rings is 2. The van der Waals surface area contributed by atoms with E-state index in [-0.39, 0.29) is 36.6 Å². The first-order chi connectivity index (χ1) is 15.9. The standard InChI is InChI=1S/C24H29N3O6/c1-5-16(2)24(30)33-15-14-32-21-13-9-7-11-19(21)26-27-22(17(3)28)23(29)25-18-10-6-8-12-20(18)31-4/h6-13,16,28H,5,14-15H2,1-4H3,(H,25,29)/b22-17+,27-26?/t16-/m0/s1. The first-order valence-corrected chi connectivity index (χ1v) is 10.5. The Balaban J connectivity index is 2.07. The van der Waals surface area contributed by atoms with E-state index in [0.717, 1.165) is 0 Å². The van der Waals surface area contributed by atoms with Crippen LogP contribution in [0.15, 0.2) is 70.2 Å². The zero-order valence-electron chi connectivity index (χ0n) is 19.2. The number of nitrogens with zero attached hydrogens (tertiary/aromatic N) is 2. The predicted octanol–water partition coefficient (Wildman–Crippen LogP) is 5.18. The summed E-state index contributed by atoms with van der Waals surface area (Å²) in [6.07, 6.45) is 0.702. The third kappa shape index (κ3) is 7.64. The number of ether oxygens (including phenoxy) is 3. The third-order valence-electron chi connectivity index (χ3n) is 4.64. The monoisotopic (exact) mass is 455 g/mol. The van der Waals surface area contributed by atoms with Crippen LogP contribution < -0.4 is 14.8 Å². The van der Waals surface area contributed by atoms with Crippen molar-refractivity contribution in [1.82, 2.24) is 0 Å². The Morgan fingerprint density at radius 3 is 2.39 bits per heavy atom. The molecule has 2 rings (SSSR count). The molecule has 33 heavy (non-hydrogen) atoms. The number of esters is 1. The molecule has 0 bridgehead atoms. The van der Waals surface area contributed by atoms with Gasteiger partial charge in [-0.05, 0) is 37.6 Å². The molecular weight excluding hydrogens is 426 g/mol. The van der Waals surface area contributed by atoms with Crippen LogP contribution in [0.4, 0.5) is 11.4 Å². The number of aliphatic hydroxyl groups is 1. The minimum absolute atomic E-state index is 0.0941. The summed E-state index contributed by atoms with van der Waals surface area (Å²) in [6, 6.07) is 13.7. The van der Waals surface area contributed by atoms with Gasteiger partial charge in [0.2, 0.25) is 0 Å². The molecule has 0 aliphatic carbocycles. The Kier molecular flexibility index (Phi) is 9.88. The van der Waals surface area contributed by atoms with Crippen molar-refractivity contribution in [2.24, 2.45) is 16.1 Å². The molecule has 2 N–H and O–H groups in total. The topological polar surface area (TPSA) is 119 Å². The first-order valence-electron chi connectivity index (χ1n) is 10.5. The number of rotatable bonds is 11. The van der Waals surface area contributed by atoms with Crippen molar-refractivity contribution in [1.29, 1.82) is 0 Å². The van der Waals surface area contributed by atoms with Crippen molar-refractivity contribution in [3.05, 3.63) is 60.0 Å². The lowest BCUT2D eigenvalue weighted by Crippen LogP contribution is -2.17. The fraction of sp³-hybridized carbons (Fsp3) is 0.333. The molecule has 0 unspecified atom stereocenters. The second kappa shape index (κ2) is 12.8. The molecule has 0 saturated carbocycles. The van der Waals surface area contributed by atoms with E-state index in [4.69, 9.17) is 14.2 Å². The summed E-state index contributed by atoms with van der Waals surface area (Å²) in [5.74, 6) is -0.546. The van der Waals surface area contributed by atoms with Crippen molar-refractivity contribution in [3.63, 3.8) is 0 Å². The summed E-state index contributed by atoms with van der Waals surface area (Å²) in [4.78, 5) is 24.4. The highest BCUT2D eigenvalue weighted by molar-refractivity contribution is 6.04. The summed E-state index contributed by atoms with van der Waals surface area (Å²) in [6.45, 7) is 5.28. The normalized spacial score (nSPS) is 12.6. The van der Waals surface area contributed by atoms with Crippen molar-refractivity contribution in [2.75, 3.05) is 25.6 Å². The van der Waals surface area contributed by atoms with Gasteiger partial charge in [-0.25, -0.2) is 0 Å². The highest BCUT2D eigenvalue weighted by atomic mass is 16.6. The number of anilines is 1. The third-order valence-corrected chi connectivity index (χ3v) is 4.64. The van der Waals surface area contributed by atoms with E-state index in [1.54, 1.807) is 55.5 Å². The number of methoxy groups -OCH3 is 1. The van der Waals surface area contributed by atoms with E-state index < -0.39 is 5.91 Å². The van der Waals surface area contributed by atoms with Crippen LogP contribution in [0.2, 0.25) is 0 Å². The number of allylic oxidation sites excluding steroid dienone is 1. The number of carbonyl (C=O) groups is 2. The van der Waals surface area contributed by atoms with Gasteiger partial charge in [-0.2, -0.15) is 0 Å². The SMILES string of the molecule is CC[C@H](C)C(=O)OCCOc1ccccc1N=N/C(C(=O)Nc1ccccc1OC)=C(\C)O. The summed E-state index contributed by atoms with van der Waals surface area (Å²) < 4.78 is 16.0. The van der Waals surface area contributed by atoms with Crippen LogP contribution in [-0.2, 0) is 14.3 Å². The van der Waals surface area contributed by atoms with E-state index in [1.807, 2.05) is 6.92 Å². The van der Waals surface area contributed by atoms with Gasteiger partial charge in [0, 0.05) is 0 Å². The maximum atomic E-state index is 12.7. The van der Waals surface area contributed by atoms with Crippen LogP contribution in [0.1, 0.15) is 27.2 Å². The molecule has 0 aliphatic heterocycles. The van der Waals surface area contributed by atoms with Gasteiger partial charge < -0.3 is 24.6 Å². The van der Waals surface area contributed by atoms with Crippen LogP contribution in [0.5, 0.6) is 11.5 Å². The van der Waals surface area contributed by atoms with E-state index >= 15 is 0 Å². The van der Waals surface area contributed by atoms with Gasteiger partial charge in [0.1, 0.15) is 36.2 Å². The largest absolute Gasteiger partial charge is 0.510 e. The number of para-hydroxylation sites is 3. The van der Waals surface area contributed by atoms with Crippen LogP contribution in [0.25, 0.3) is 0 Å². The van der Waals surface area contributed by atoms with E-state index in [1.165, 1.54) is 14.0 Å². The number of carbonyl (C=O) groups excluding carboxylic acids is 2. The predicted molar refractivity (Wildman–Crippen MR) is 124 cm³/mol. The smallest absolute Gasteiger partial charge is 0.308 e. The molecule has 0 spiro atoms. The lowest BCUT2D eigenvalue weighted by Gasteiger charge is -2.11. The highest BCUT2D eigenvalue weighted by Gasteiger charge is 2.16. The quantitative estimate of drug-likeness (QED) is 0.159. The molecule has 9 heteroatoms. The Bertz CT molecular complexity index is 1010. The molecular formula is C24H29N3O6. The van der Waals surface area contributed by atoms with Gasteiger partial charge in [-0.15, -0.1) is 10.2 Å². The second-order valence-corrected chi connectivity index (χ2v) is 7.08. The van der Waals surface area contributed by atoms with Gasteiger partial charge in [-0.3, -0.25) is 9.59 Å². The summed E-state index contributed by atoms with van der Waals surface area (Å²) in [5, 5.41) is 20.6. The Morgan fingerprint density at radius 2 is 1.73 bits per heavy atom. The van der Waals surface area contributed by atoms with E-state index in [9.17, 15) is 14.7 Å². The zero-order valence-corrected chi connectivity index (χ0v) is 19.2. The fourth-order valence-electron chi connectivity index (χ4n) is 2.58. The average Bonchev–Trinajstić information content (AvgIpc) is 2.82. The van der Waals surface area contributed by atoms with Gasteiger partial charge in [-0.1, -0.05) is 38.1 Å². The molecule has 0 saturated heterocycles. The maximum Gasteiger partial charge on any atom is 0.308 e. The van der Waals surface area contributed by atoms with Gasteiger partial charge >= 0.3 is 5.97 Å². The molecule has 1 amide bonds. The van der Waals surface area contributed by atoms with Gasteiger partial charge in [0.25, 0.3) is 5.91 Å². The van der Waals surface area contributed by atoms with Gasteiger partial charge in [0.05, 0.1) is 18.7 Å². The molecule has 2 aromatic rings. The lowest BCUT2D eigenvalue weighted by atomic mass is 10.1. The summed E-state index contributed by atoms with van der Waals surface area (Å²) >= 11 is 0. The van der Waals surface area contributed by atoms with Crippen LogP contribution in [0.3, 0.4) is 0 Å². The van der Waals surface area contributed by atoms with Crippen LogP contribution in [-0.4, -0.2) is 37.3 Å². The highest BCUT2D eigenvalue weighted by Crippen LogP contribution is 2.29. The molecule has 9 nitrogen and oxygen atoms in total. The van der Waals surface area contributed by atoms with Crippen molar-refractivity contribution < 1.29 is 28.9 Å². The Labute approximate surface area is 193 Å². The number of nitrogens with one attached hydrogen (secondary N) is 1. The van der Waals surface area contributed by atoms with Crippen molar-refractivity contribution in [2.45, 2.75) is 27.2 Å². The van der Waals surface area contributed by atoms with E-state index in [0.29, 0.717) is 29.3 Å². The Hall–Kier alpha value is -3.88. The first kappa shape index (κ1) is 25.4. The molecule has 0 fully saturated rings. The molecule has 0 radical (unpaired) electrons. The van der Waals surface area contributed by atoms with Gasteiger partial charge in [0.15, 0.2) is 5.70 Å². The molecule has 176 valence electrons. The number of hydrogen-bond acceptors (Lipinski definition) is 8. The second-order valence-electron chi connectivity index (χ2n) is 7.08. The molecule has 1 atom stereocenters. The average molecular weight is 456 g/mol. The van der Waals surface area contributed by atoms with Crippen LogP contribution in [0, 0.1) is 5.92 Å². The number of azo groups is 1. The molecule has 2 aromatic carbocycles. The number of amides is 1. The summed E-state index contributed by atoms with van der Waals surface area (Å²) in [5.41, 5.74) is 0.502. The molecule has 0 heterocycles.